The molecule has 128 valence electrons. The Kier molecular flexibility index (Phi) is 4.73. The molecule has 6 nitrogen and oxygen atoms in total. The lowest BCUT2D eigenvalue weighted by atomic mass is 10.0. The van der Waals surface area contributed by atoms with Crippen LogP contribution in [0.3, 0.4) is 0 Å². The van der Waals surface area contributed by atoms with Crippen LogP contribution in [0.1, 0.15) is 36.9 Å². The minimum Gasteiger partial charge on any atom is -0.387 e. The van der Waals surface area contributed by atoms with Gasteiger partial charge in [-0.05, 0) is 51.3 Å². The molecule has 2 aliphatic rings. The summed E-state index contributed by atoms with van der Waals surface area (Å²) in [4.78, 5) is 16.6. The van der Waals surface area contributed by atoms with Gasteiger partial charge in [-0.1, -0.05) is 0 Å². The minimum atomic E-state index is -0.718. The van der Waals surface area contributed by atoms with Gasteiger partial charge in [-0.3, -0.25) is 9.48 Å². The molecule has 3 rings (SSSR count). The fraction of sp³-hybridized carbons (Fsp3) is 0.765. The zero-order chi connectivity index (χ0) is 16.4. The summed E-state index contributed by atoms with van der Waals surface area (Å²) in [5, 5.41) is 15.0. The first-order valence-corrected chi connectivity index (χ1v) is 8.67. The fourth-order valence-corrected chi connectivity index (χ4v) is 3.74. The maximum absolute atomic E-state index is 12.4. The summed E-state index contributed by atoms with van der Waals surface area (Å²) in [7, 11) is 1.92. The number of carbonyl (C=O) groups excluding carboxylic acids is 1. The van der Waals surface area contributed by atoms with Gasteiger partial charge in [-0.15, -0.1) is 0 Å². The summed E-state index contributed by atoms with van der Waals surface area (Å²) >= 11 is 0. The summed E-state index contributed by atoms with van der Waals surface area (Å²) in [5.74, 6) is 0.144. The molecule has 0 aliphatic carbocycles. The quantitative estimate of drug-likeness (QED) is 0.868. The number of likely N-dealkylation sites (tertiary alicyclic amines) is 2. The normalized spacial score (nSPS) is 25.4. The molecule has 1 amide bonds. The molecule has 0 unspecified atom stereocenters. The molecule has 0 aromatic carbocycles. The van der Waals surface area contributed by atoms with E-state index in [-0.39, 0.29) is 5.91 Å². The molecule has 1 aromatic heterocycles. The molecule has 6 heteroatoms. The predicted molar refractivity (Wildman–Crippen MR) is 88.1 cm³/mol. The number of β-amino-alcohol motifs (C(OH)–C–C–N with tert-alkyl or cyclic N) is 1. The van der Waals surface area contributed by atoms with Crippen molar-refractivity contribution < 1.29 is 9.90 Å². The van der Waals surface area contributed by atoms with Gasteiger partial charge in [-0.25, -0.2) is 0 Å². The molecule has 1 N–H and O–H groups in total. The number of carbonyl (C=O) groups is 1. The van der Waals surface area contributed by atoms with Crippen molar-refractivity contribution in [2.24, 2.45) is 7.05 Å². The van der Waals surface area contributed by atoms with Gasteiger partial charge in [0.15, 0.2) is 0 Å². The van der Waals surface area contributed by atoms with Crippen LogP contribution in [0.15, 0.2) is 6.20 Å². The van der Waals surface area contributed by atoms with Crippen LogP contribution < -0.4 is 0 Å². The molecular weight excluding hydrogens is 292 g/mol. The maximum Gasteiger partial charge on any atom is 0.223 e. The van der Waals surface area contributed by atoms with Gasteiger partial charge in [-0.2, -0.15) is 5.10 Å². The Labute approximate surface area is 138 Å². The SMILES string of the molecule is Cc1c(CCC(=O)N2CC[C@@](O)(CN3CCCC3)C2)cnn1C. The van der Waals surface area contributed by atoms with Crippen LogP contribution in [0.4, 0.5) is 0 Å². The summed E-state index contributed by atoms with van der Waals surface area (Å²) in [5.41, 5.74) is 1.53. The highest BCUT2D eigenvalue weighted by Gasteiger charge is 2.39. The third kappa shape index (κ3) is 3.75. The largest absolute Gasteiger partial charge is 0.387 e. The molecule has 0 saturated carbocycles. The number of amides is 1. The van der Waals surface area contributed by atoms with Crippen LogP contribution in [0.2, 0.25) is 0 Å². The lowest BCUT2D eigenvalue weighted by Gasteiger charge is -2.28. The number of aryl methyl sites for hydroxylation is 2. The molecular formula is C17H28N4O2. The zero-order valence-electron chi connectivity index (χ0n) is 14.3. The number of aliphatic hydroxyl groups is 1. The Morgan fingerprint density at radius 3 is 2.74 bits per heavy atom. The van der Waals surface area contributed by atoms with Gasteiger partial charge in [0.1, 0.15) is 0 Å². The molecule has 0 bridgehead atoms. The van der Waals surface area contributed by atoms with E-state index in [1.54, 1.807) is 0 Å². The second-order valence-corrected chi connectivity index (χ2v) is 7.15. The van der Waals surface area contributed by atoms with E-state index in [1.165, 1.54) is 12.8 Å². The van der Waals surface area contributed by atoms with Crippen LogP contribution >= 0.6 is 0 Å². The third-order valence-corrected chi connectivity index (χ3v) is 5.35. The molecule has 2 saturated heterocycles. The van der Waals surface area contributed by atoms with Gasteiger partial charge in [0.2, 0.25) is 5.91 Å². The van der Waals surface area contributed by atoms with Crippen LogP contribution in [0.25, 0.3) is 0 Å². The summed E-state index contributed by atoms with van der Waals surface area (Å²) < 4.78 is 1.84. The van der Waals surface area contributed by atoms with Crippen molar-refractivity contribution in [3.63, 3.8) is 0 Å². The van der Waals surface area contributed by atoms with E-state index < -0.39 is 5.60 Å². The molecule has 2 fully saturated rings. The average Bonchev–Trinajstić information content (AvgIpc) is 3.22. The van der Waals surface area contributed by atoms with Gasteiger partial charge in [0.25, 0.3) is 0 Å². The highest BCUT2D eigenvalue weighted by molar-refractivity contribution is 5.77. The molecule has 0 radical (unpaired) electrons. The molecule has 2 aliphatic heterocycles. The fourth-order valence-electron chi connectivity index (χ4n) is 3.74. The van der Waals surface area contributed by atoms with Crippen LogP contribution in [-0.4, -0.2) is 68.9 Å². The van der Waals surface area contributed by atoms with E-state index in [0.717, 1.165) is 30.8 Å². The van der Waals surface area contributed by atoms with Gasteiger partial charge >= 0.3 is 0 Å². The Balaban J connectivity index is 1.49. The third-order valence-electron chi connectivity index (χ3n) is 5.35. The van der Waals surface area contributed by atoms with Gasteiger partial charge in [0.05, 0.1) is 18.3 Å². The topological polar surface area (TPSA) is 61.6 Å². The summed E-state index contributed by atoms with van der Waals surface area (Å²) in [6.07, 6.45) is 6.20. The first-order valence-electron chi connectivity index (χ1n) is 8.67. The lowest BCUT2D eigenvalue weighted by Crippen LogP contribution is -2.45. The standard InChI is InChI=1S/C17H28N4O2/c1-14-15(11-18-19(14)2)5-6-16(22)21-10-7-17(23,13-21)12-20-8-3-4-9-20/h11,23H,3-10,12-13H2,1-2H3/t17-/m1/s1. The molecule has 1 aromatic rings. The van der Waals surface area contributed by atoms with E-state index in [9.17, 15) is 9.90 Å². The summed E-state index contributed by atoms with van der Waals surface area (Å²) in [6, 6.07) is 0. The first-order chi connectivity index (χ1) is 11.0. The Hall–Kier alpha value is -1.40. The number of hydrogen-bond donors (Lipinski definition) is 1. The second kappa shape index (κ2) is 6.61. The van der Waals surface area contributed by atoms with Gasteiger partial charge in [0, 0.05) is 32.3 Å². The van der Waals surface area contributed by atoms with E-state index in [0.29, 0.717) is 32.5 Å². The van der Waals surface area contributed by atoms with E-state index in [1.807, 2.05) is 29.7 Å². The van der Waals surface area contributed by atoms with Crippen LogP contribution in [-0.2, 0) is 18.3 Å². The van der Waals surface area contributed by atoms with E-state index in [4.69, 9.17) is 0 Å². The van der Waals surface area contributed by atoms with Crippen molar-refractivity contribution in [2.45, 2.75) is 44.6 Å². The van der Waals surface area contributed by atoms with Crippen molar-refractivity contribution in [1.82, 2.24) is 19.6 Å². The van der Waals surface area contributed by atoms with Crippen LogP contribution in [0.5, 0.6) is 0 Å². The summed E-state index contributed by atoms with van der Waals surface area (Å²) in [6.45, 7) is 6.05. The predicted octanol–water partition coefficient (Wildman–Crippen LogP) is 0.720. The van der Waals surface area contributed by atoms with Gasteiger partial charge < -0.3 is 14.9 Å². The second-order valence-electron chi connectivity index (χ2n) is 7.15. The van der Waals surface area contributed by atoms with Crippen molar-refractivity contribution in [3.05, 3.63) is 17.5 Å². The number of aromatic nitrogens is 2. The van der Waals surface area contributed by atoms with Crippen LogP contribution in [0, 0.1) is 6.92 Å². The van der Waals surface area contributed by atoms with Crippen molar-refractivity contribution in [2.75, 3.05) is 32.7 Å². The van der Waals surface area contributed by atoms with E-state index in [2.05, 4.69) is 10.00 Å². The highest BCUT2D eigenvalue weighted by Crippen LogP contribution is 2.25. The smallest absolute Gasteiger partial charge is 0.223 e. The minimum absolute atomic E-state index is 0.144. The monoisotopic (exact) mass is 320 g/mol. The average molecular weight is 320 g/mol. The first kappa shape index (κ1) is 16.5. The molecule has 0 spiro atoms. The van der Waals surface area contributed by atoms with Crippen molar-refractivity contribution >= 4 is 5.91 Å². The number of nitrogens with zero attached hydrogens (tertiary/aromatic N) is 4. The molecule has 23 heavy (non-hydrogen) atoms. The maximum atomic E-state index is 12.4. The van der Waals surface area contributed by atoms with Crippen molar-refractivity contribution in [1.29, 1.82) is 0 Å². The zero-order valence-corrected chi connectivity index (χ0v) is 14.3. The molecule has 3 heterocycles. The number of hydrogen-bond acceptors (Lipinski definition) is 4. The highest BCUT2D eigenvalue weighted by atomic mass is 16.3. The number of rotatable bonds is 5. The lowest BCUT2D eigenvalue weighted by molar-refractivity contribution is -0.131. The Morgan fingerprint density at radius 1 is 1.35 bits per heavy atom. The Morgan fingerprint density at radius 2 is 2.09 bits per heavy atom. The van der Waals surface area contributed by atoms with Crippen molar-refractivity contribution in [3.8, 4) is 0 Å². The molecule has 1 atom stereocenters. The Bertz CT molecular complexity index is 565. The van der Waals surface area contributed by atoms with E-state index >= 15 is 0 Å².